The molecule has 0 aliphatic heterocycles. The average Bonchev–Trinajstić information content (AvgIpc) is 3.18. The van der Waals surface area contributed by atoms with Crippen LogP contribution in [-0.4, -0.2) is 51.8 Å². The van der Waals surface area contributed by atoms with Crippen LogP contribution < -0.4 is 20.7 Å². The van der Waals surface area contributed by atoms with Crippen molar-refractivity contribution in [3.05, 3.63) is 29.3 Å². The first-order valence-corrected chi connectivity index (χ1v) is 10.1. The van der Waals surface area contributed by atoms with Crippen LogP contribution in [0.4, 0.5) is 0 Å². The Morgan fingerprint density at radius 1 is 1.21 bits per heavy atom. The maximum absolute atomic E-state index is 12.0. The Balaban J connectivity index is 1.76. The van der Waals surface area contributed by atoms with Gasteiger partial charge in [-0.05, 0) is 31.4 Å². The molecule has 0 atom stereocenters. The van der Waals surface area contributed by atoms with Crippen LogP contribution in [0.25, 0.3) is 0 Å². The number of benzene rings is 1. The zero-order chi connectivity index (χ0) is 20.2. The minimum Gasteiger partial charge on any atom is -0.491 e. The van der Waals surface area contributed by atoms with E-state index in [1.54, 1.807) is 14.2 Å². The monoisotopic (exact) mass is 390 g/mol. The summed E-state index contributed by atoms with van der Waals surface area (Å²) in [5.74, 6) is 1.61. The van der Waals surface area contributed by atoms with Gasteiger partial charge in [0.1, 0.15) is 12.4 Å². The molecule has 3 N–H and O–H groups in total. The summed E-state index contributed by atoms with van der Waals surface area (Å²) in [6, 6.07) is 6.50. The van der Waals surface area contributed by atoms with E-state index >= 15 is 0 Å². The van der Waals surface area contributed by atoms with E-state index in [2.05, 4.69) is 27.0 Å². The van der Waals surface area contributed by atoms with Gasteiger partial charge in [0.25, 0.3) is 0 Å². The third-order valence-corrected chi connectivity index (χ3v) is 4.80. The molecule has 156 valence electrons. The molecule has 7 heteroatoms. The average molecular weight is 391 g/mol. The molecule has 1 aromatic carbocycles. The molecule has 1 aliphatic rings. The van der Waals surface area contributed by atoms with Gasteiger partial charge in [-0.25, -0.2) is 0 Å². The van der Waals surface area contributed by atoms with Crippen LogP contribution in [0, 0.1) is 6.92 Å². The van der Waals surface area contributed by atoms with Gasteiger partial charge in [0.05, 0.1) is 6.61 Å². The summed E-state index contributed by atoms with van der Waals surface area (Å²) < 4.78 is 10.9. The Labute approximate surface area is 168 Å². The van der Waals surface area contributed by atoms with Crippen LogP contribution in [0.5, 0.6) is 5.75 Å². The van der Waals surface area contributed by atoms with Crippen LogP contribution in [0.2, 0.25) is 0 Å². The molecule has 0 aromatic heterocycles. The molecule has 0 saturated heterocycles. The lowest BCUT2D eigenvalue weighted by Gasteiger charge is -2.16. The van der Waals surface area contributed by atoms with Crippen molar-refractivity contribution in [2.24, 2.45) is 4.99 Å². The molecule has 1 aromatic rings. The maximum atomic E-state index is 12.0. The predicted octanol–water partition coefficient (Wildman–Crippen LogP) is 2.13. The van der Waals surface area contributed by atoms with Gasteiger partial charge in [-0.3, -0.25) is 9.79 Å². The normalized spacial score (nSPS) is 14.8. The molecular formula is C21H34N4O3. The summed E-state index contributed by atoms with van der Waals surface area (Å²) in [5.41, 5.74) is 2.19. The lowest BCUT2D eigenvalue weighted by atomic mass is 10.1. The predicted molar refractivity (Wildman–Crippen MR) is 112 cm³/mol. The topological polar surface area (TPSA) is 84.0 Å². The highest BCUT2D eigenvalue weighted by Crippen LogP contribution is 2.20. The van der Waals surface area contributed by atoms with Crippen molar-refractivity contribution in [3.63, 3.8) is 0 Å². The molecule has 0 spiro atoms. The Morgan fingerprint density at radius 2 is 2.00 bits per heavy atom. The summed E-state index contributed by atoms with van der Waals surface area (Å²) in [5, 5.41) is 9.57. The number of ether oxygens (including phenoxy) is 2. The highest BCUT2D eigenvalue weighted by molar-refractivity contribution is 5.81. The summed E-state index contributed by atoms with van der Waals surface area (Å²) in [6.45, 7) is 4.22. The van der Waals surface area contributed by atoms with E-state index in [-0.39, 0.29) is 5.91 Å². The lowest BCUT2D eigenvalue weighted by Crippen LogP contribution is -2.40. The van der Waals surface area contributed by atoms with Crippen LogP contribution in [-0.2, 0) is 16.1 Å². The zero-order valence-electron chi connectivity index (χ0n) is 17.3. The van der Waals surface area contributed by atoms with Crippen LogP contribution in [0.3, 0.4) is 0 Å². The molecule has 1 fully saturated rings. The summed E-state index contributed by atoms with van der Waals surface area (Å²) >= 11 is 0. The molecule has 0 radical (unpaired) electrons. The minimum absolute atomic E-state index is 0.0993. The molecule has 0 heterocycles. The van der Waals surface area contributed by atoms with Crippen LogP contribution >= 0.6 is 0 Å². The number of methoxy groups -OCH3 is 1. The molecule has 1 saturated carbocycles. The second kappa shape index (κ2) is 12.2. The smallest absolute Gasteiger partial charge is 0.221 e. The number of carbonyl (C=O) groups excluding carboxylic acids is 1. The van der Waals surface area contributed by atoms with Crippen molar-refractivity contribution < 1.29 is 14.3 Å². The van der Waals surface area contributed by atoms with Crippen molar-refractivity contribution in [2.45, 2.75) is 51.6 Å². The van der Waals surface area contributed by atoms with Gasteiger partial charge in [-0.2, -0.15) is 0 Å². The van der Waals surface area contributed by atoms with Crippen molar-refractivity contribution >= 4 is 11.9 Å². The standard InChI is InChI=1S/C21H34N4O3/c1-16-8-9-17(19(14-16)28-13-12-27-3)15-24-21(22-2)23-11-10-20(26)25-18-6-4-5-7-18/h8-9,14,18H,4-7,10-13,15H2,1-3H3,(H,25,26)(H2,22,23,24). The highest BCUT2D eigenvalue weighted by atomic mass is 16.5. The van der Waals surface area contributed by atoms with E-state index in [4.69, 9.17) is 9.47 Å². The molecular weight excluding hydrogens is 356 g/mol. The van der Waals surface area contributed by atoms with Gasteiger partial charge in [0, 0.05) is 45.3 Å². The van der Waals surface area contributed by atoms with Crippen LogP contribution in [0.15, 0.2) is 23.2 Å². The van der Waals surface area contributed by atoms with E-state index in [9.17, 15) is 4.79 Å². The van der Waals surface area contributed by atoms with Crippen molar-refractivity contribution in [2.75, 3.05) is 33.9 Å². The number of amides is 1. The van der Waals surface area contributed by atoms with Gasteiger partial charge in [0.2, 0.25) is 5.91 Å². The van der Waals surface area contributed by atoms with E-state index < -0.39 is 0 Å². The fourth-order valence-corrected chi connectivity index (χ4v) is 3.24. The number of rotatable bonds is 10. The third kappa shape index (κ3) is 7.76. The minimum atomic E-state index is 0.0993. The highest BCUT2D eigenvalue weighted by Gasteiger charge is 2.16. The van der Waals surface area contributed by atoms with Gasteiger partial charge in [0.15, 0.2) is 5.96 Å². The summed E-state index contributed by atoms with van der Waals surface area (Å²) in [7, 11) is 3.38. The second-order valence-corrected chi connectivity index (χ2v) is 7.10. The number of hydrogen-bond acceptors (Lipinski definition) is 4. The number of nitrogens with zero attached hydrogens (tertiary/aromatic N) is 1. The van der Waals surface area contributed by atoms with Crippen molar-refractivity contribution in [1.29, 1.82) is 0 Å². The van der Waals surface area contributed by atoms with Crippen molar-refractivity contribution in [3.8, 4) is 5.75 Å². The summed E-state index contributed by atoms with van der Waals surface area (Å²) in [4.78, 5) is 16.2. The Hall–Kier alpha value is -2.28. The molecule has 1 amide bonds. The molecule has 7 nitrogen and oxygen atoms in total. The van der Waals surface area contributed by atoms with E-state index in [0.717, 1.165) is 29.7 Å². The lowest BCUT2D eigenvalue weighted by molar-refractivity contribution is -0.121. The number of hydrogen-bond donors (Lipinski definition) is 3. The molecule has 1 aliphatic carbocycles. The molecule has 28 heavy (non-hydrogen) atoms. The van der Waals surface area contributed by atoms with Crippen molar-refractivity contribution in [1.82, 2.24) is 16.0 Å². The second-order valence-electron chi connectivity index (χ2n) is 7.10. The van der Waals surface area contributed by atoms with E-state index in [1.165, 1.54) is 12.8 Å². The number of guanidine groups is 1. The fourth-order valence-electron chi connectivity index (χ4n) is 3.24. The number of aryl methyl sites for hydroxylation is 1. The summed E-state index contributed by atoms with van der Waals surface area (Å²) in [6.07, 6.45) is 5.08. The van der Waals surface area contributed by atoms with Gasteiger partial charge in [-0.1, -0.05) is 25.0 Å². The first-order valence-electron chi connectivity index (χ1n) is 10.1. The Morgan fingerprint density at radius 3 is 2.71 bits per heavy atom. The van der Waals surface area contributed by atoms with Gasteiger partial charge < -0.3 is 25.4 Å². The zero-order valence-corrected chi connectivity index (χ0v) is 17.3. The molecule has 0 unspecified atom stereocenters. The quantitative estimate of drug-likeness (QED) is 0.324. The number of carbonyl (C=O) groups is 1. The molecule has 0 bridgehead atoms. The van der Waals surface area contributed by atoms with E-state index in [1.807, 2.05) is 19.1 Å². The number of nitrogens with one attached hydrogen (secondary N) is 3. The number of aliphatic imine (C=N–C) groups is 1. The molecule has 2 rings (SSSR count). The first-order chi connectivity index (χ1) is 13.6. The largest absolute Gasteiger partial charge is 0.491 e. The van der Waals surface area contributed by atoms with Gasteiger partial charge in [-0.15, -0.1) is 0 Å². The maximum Gasteiger partial charge on any atom is 0.221 e. The van der Waals surface area contributed by atoms with E-state index in [0.29, 0.717) is 44.7 Å². The Kier molecular flexibility index (Phi) is 9.62. The first kappa shape index (κ1) is 22.0. The Bertz CT molecular complexity index is 643. The SMILES string of the molecule is CN=C(NCCC(=O)NC1CCCC1)NCc1ccc(C)cc1OCCOC. The van der Waals surface area contributed by atoms with Crippen LogP contribution in [0.1, 0.15) is 43.2 Å². The van der Waals surface area contributed by atoms with Gasteiger partial charge >= 0.3 is 0 Å². The third-order valence-electron chi connectivity index (χ3n) is 4.80. The fraction of sp³-hybridized carbons (Fsp3) is 0.619.